The third-order valence-electron chi connectivity index (χ3n) is 5.06. The van der Waals surface area contributed by atoms with Crippen LogP contribution in [-0.2, 0) is 13.6 Å². The summed E-state index contributed by atoms with van der Waals surface area (Å²) in [5.41, 5.74) is 2.96. The first kappa shape index (κ1) is 16.7. The van der Waals surface area contributed by atoms with Crippen LogP contribution in [0.3, 0.4) is 0 Å². The highest BCUT2D eigenvalue weighted by molar-refractivity contribution is 5.95. The predicted octanol–water partition coefficient (Wildman–Crippen LogP) is 2.47. The smallest absolute Gasteiger partial charge is 0.257 e. The van der Waals surface area contributed by atoms with Gasteiger partial charge in [-0.05, 0) is 31.9 Å². The molecule has 3 rings (SSSR count). The number of hydrogen-bond acceptors (Lipinski definition) is 3. The summed E-state index contributed by atoms with van der Waals surface area (Å²) in [6.45, 7) is 4.91. The largest absolute Gasteiger partial charge is 0.337 e. The molecule has 1 amide bonds. The van der Waals surface area contributed by atoms with Crippen LogP contribution in [0.15, 0.2) is 36.5 Å². The molecule has 0 N–H and O–H groups in total. The first-order valence-electron chi connectivity index (χ1n) is 8.58. The van der Waals surface area contributed by atoms with E-state index in [-0.39, 0.29) is 11.9 Å². The van der Waals surface area contributed by atoms with Crippen LogP contribution in [0.25, 0.3) is 0 Å². The lowest BCUT2D eigenvalue weighted by Crippen LogP contribution is -2.48. The first-order chi connectivity index (χ1) is 11.6. The second-order valence-electron chi connectivity index (χ2n) is 6.70. The second kappa shape index (κ2) is 7.18. The number of aromatic nitrogens is 2. The average molecular weight is 326 g/mol. The minimum absolute atomic E-state index is 0.0761. The number of likely N-dealkylation sites (tertiary alicyclic amines) is 1. The maximum absolute atomic E-state index is 12.8. The summed E-state index contributed by atoms with van der Waals surface area (Å²) < 4.78 is 1.75. The second-order valence-corrected chi connectivity index (χ2v) is 6.70. The van der Waals surface area contributed by atoms with Gasteiger partial charge in [-0.2, -0.15) is 5.10 Å². The van der Waals surface area contributed by atoms with Gasteiger partial charge in [0.25, 0.3) is 5.91 Å². The molecule has 0 radical (unpaired) electrons. The van der Waals surface area contributed by atoms with Gasteiger partial charge in [-0.25, -0.2) is 0 Å². The number of likely N-dealkylation sites (N-methyl/N-ethyl adjacent to an activating group) is 1. The van der Waals surface area contributed by atoms with Crippen molar-refractivity contribution in [2.45, 2.75) is 32.4 Å². The van der Waals surface area contributed by atoms with Crippen molar-refractivity contribution in [3.8, 4) is 0 Å². The normalized spacial score (nSPS) is 18.5. The van der Waals surface area contributed by atoms with Crippen LogP contribution in [-0.4, -0.2) is 51.7 Å². The molecule has 0 aliphatic carbocycles. The van der Waals surface area contributed by atoms with Gasteiger partial charge in [0, 0.05) is 38.9 Å². The highest BCUT2D eigenvalue weighted by Gasteiger charge is 2.28. The Morgan fingerprint density at radius 2 is 2.08 bits per heavy atom. The maximum atomic E-state index is 12.8. The lowest BCUT2D eigenvalue weighted by atomic mass is 10.0. The molecule has 1 saturated heterocycles. The fourth-order valence-electron chi connectivity index (χ4n) is 3.40. The molecule has 0 bridgehead atoms. The Balaban J connectivity index is 1.65. The third-order valence-corrected chi connectivity index (χ3v) is 5.06. The quantitative estimate of drug-likeness (QED) is 0.867. The van der Waals surface area contributed by atoms with Gasteiger partial charge in [0.15, 0.2) is 0 Å². The molecule has 128 valence electrons. The summed E-state index contributed by atoms with van der Waals surface area (Å²) in [7, 11) is 3.79. The molecule has 1 aromatic heterocycles. The number of benzene rings is 1. The van der Waals surface area contributed by atoms with E-state index < -0.39 is 0 Å². The molecule has 1 aliphatic rings. The first-order valence-corrected chi connectivity index (χ1v) is 8.58. The molecule has 1 aliphatic heterocycles. The monoisotopic (exact) mass is 326 g/mol. The molecule has 0 spiro atoms. The average Bonchev–Trinajstić information content (AvgIpc) is 2.94. The van der Waals surface area contributed by atoms with Crippen LogP contribution < -0.4 is 0 Å². The fourth-order valence-corrected chi connectivity index (χ4v) is 3.40. The van der Waals surface area contributed by atoms with Crippen molar-refractivity contribution in [2.24, 2.45) is 7.05 Å². The van der Waals surface area contributed by atoms with E-state index in [0.29, 0.717) is 5.56 Å². The van der Waals surface area contributed by atoms with Crippen LogP contribution in [0.4, 0.5) is 0 Å². The number of nitrogens with zero attached hydrogens (tertiary/aromatic N) is 4. The molecule has 1 aromatic carbocycles. The zero-order chi connectivity index (χ0) is 17.1. The lowest BCUT2D eigenvalue weighted by molar-refractivity contribution is 0.0608. The van der Waals surface area contributed by atoms with Gasteiger partial charge in [-0.15, -0.1) is 0 Å². The van der Waals surface area contributed by atoms with Crippen molar-refractivity contribution in [3.63, 3.8) is 0 Å². The summed E-state index contributed by atoms with van der Waals surface area (Å²) in [4.78, 5) is 17.1. The molecule has 1 fully saturated rings. The van der Waals surface area contributed by atoms with Gasteiger partial charge in [-0.3, -0.25) is 14.4 Å². The van der Waals surface area contributed by atoms with Crippen LogP contribution >= 0.6 is 0 Å². The van der Waals surface area contributed by atoms with Crippen molar-refractivity contribution >= 4 is 5.91 Å². The van der Waals surface area contributed by atoms with Crippen molar-refractivity contribution in [1.29, 1.82) is 0 Å². The summed E-state index contributed by atoms with van der Waals surface area (Å²) in [6.07, 6.45) is 3.87. The van der Waals surface area contributed by atoms with E-state index in [9.17, 15) is 4.79 Å². The molecule has 1 atom stereocenters. The van der Waals surface area contributed by atoms with E-state index in [2.05, 4.69) is 34.3 Å². The summed E-state index contributed by atoms with van der Waals surface area (Å²) in [5.74, 6) is 0.0761. The Bertz CT molecular complexity index is 695. The Labute approximate surface area is 143 Å². The minimum atomic E-state index is 0.0761. The van der Waals surface area contributed by atoms with Gasteiger partial charge in [0.05, 0.1) is 11.8 Å². The van der Waals surface area contributed by atoms with Crippen molar-refractivity contribution in [2.75, 3.05) is 20.1 Å². The SMILES string of the molecule is Cc1c(C(=O)N(C)C2CCCN(Cc3ccccc3)C2)cnn1C. The number of hydrogen-bond donors (Lipinski definition) is 0. The molecular weight excluding hydrogens is 300 g/mol. The van der Waals surface area contributed by atoms with Gasteiger partial charge in [0.1, 0.15) is 0 Å². The molecule has 24 heavy (non-hydrogen) atoms. The van der Waals surface area contributed by atoms with Crippen LogP contribution in [0.2, 0.25) is 0 Å². The summed E-state index contributed by atoms with van der Waals surface area (Å²) in [6, 6.07) is 10.8. The number of piperidine rings is 1. The van der Waals surface area contributed by atoms with E-state index in [1.54, 1.807) is 10.9 Å². The molecule has 2 heterocycles. The predicted molar refractivity (Wildman–Crippen MR) is 94.8 cm³/mol. The maximum Gasteiger partial charge on any atom is 0.257 e. The molecular formula is C19H26N4O. The highest BCUT2D eigenvalue weighted by atomic mass is 16.2. The number of carbonyl (C=O) groups is 1. The van der Waals surface area contributed by atoms with Crippen LogP contribution in [0, 0.1) is 6.92 Å². The Kier molecular flexibility index (Phi) is 5.00. The van der Waals surface area contributed by atoms with E-state index in [4.69, 9.17) is 0 Å². The highest BCUT2D eigenvalue weighted by Crippen LogP contribution is 2.19. The molecule has 0 saturated carbocycles. The number of rotatable bonds is 4. The van der Waals surface area contributed by atoms with E-state index >= 15 is 0 Å². The summed E-state index contributed by atoms with van der Waals surface area (Å²) >= 11 is 0. The summed E-state index contributed by atoms with van der Waals surface area (Å²) in [5, 5.41) is 4.19. The van der Waals surface area contributed by atoms with Gasteiger partial charge >= 0.3 is 0 Å². The molecule has 5 nitrogen and oxygen atoms in total. The topological polar surface area (TPSA) is 41.4 Å². The molecule has 2 aromatic rings. The van der Waals surface area contributed by atoms with Crippen molar-refractivity contribution in [1.82, 2.24) is 19.6 Å². The van der Waals surface area contributed by atoms with E-state index in [0.717, 1.165) is 38.2 Å². The Hall–Kier alpha value is -2.14. The fraction of sp³-hybridized carbons (Fsp3) is 0.474. The lowest BCUT2D eigenvalue weighted by Gasteiger charge is -2.37. The zero-order valence-corrected chi connectivity index (χ0v) is 14.8. The van der Waals surface area contributed by atoms with Crippen molar-refractivity contribution < 1.29 is 4.79 Å². The van der Waals surface area contributed by atoms with Crippen LogP contribution in [0.1, 0.15) is 34.5 Å². The number of carbonyl (C=O) groups excluding carboxylic acids is 1. The number of aryl methyl sites for hydroxylation is 1. The van der Waals surface area contributed by atoms with E-state index in [1.807, 2.05) is 32.0 Å². The van der Waals surface area contributed by atoms with Crippen molar-refractivity contribution in [3.05, 3.63) is 53.3 Å². The van der Waals surface area contributed by atoms with Gasteiger partial charge in [0.2, 0.25) is 0 Å². The third kappa shape index (κ3) is 3.51. The van der Waals surface area contributed by atoms with Gasteiger partial charge in [-0.1, -0.05) is 30.3 Å². The molecule has 5 heteroatoms. The Morgan fingerprint density at radius 1 is 1.33 bits per heavy atom. The van der Waals surface area contributed by atoms with Crippen LogP contribution in [0.5, 0.6) is 0 Å². The zero-order valence-electron chi connectivity index (χ0n) is 14.8. The van der Waals surface area contributed by atoms with Gasteiger partial charge < -0.3 is 4.90 Å². The molecule has 1 unspecified atom stereocenters. The Morgan fingerprint density at radius 3 is 2.75 bits per heavy atom. The number of amides is 1. The minimum Gasteiger partial charge on any atom is -0.337 e. The van der Waals surface area contributed by atoms with E-state index in [1.165, 1.54) is 5.56 Å². The standard InChI is InChI=1S/C19H26N4O/c1-15-18(12-20-22(15)3)19(24)21(2)17-10-7-11-23(14-17)13-16-8-5-4-6-9-16/h4-6,8-9,12,17H,7,10-11,13-14H2,1-3H3.